The topological polar surface area (TPSA) is 70.1 Å². The van der Waals surface area contributed by atoms with Crippen LogP contribution < -0.4 is 0 Å². The maximum Gasteiger partial charge on any atom is 0.227 e. The van der Waals surface area contributed by atoms with Crippen molar-refractivity contribution in [2.24, 2.45) is 5.92 Å². The smallest absolute Gasteiger partial charge is 0.227 e. The van der Waals surface area contributed by atoms with Crippen molar-refractivity contribution < 1.29 is 19.4 Å². The summed E-state index contributed by atoms with van der Waals surface area (Å²) in [5.41, 5.74) is 0. The van der Waals surface area contributed by atoms with Crippen LogP contribution in [0, 0.1) is 5.92 Å². The fourth-order valence-electron chi connectivity index (χ4n) is 2.75. The maximum atomic E-state index is 12.4. The number of carbonyl (C=O) groups is 2. The average molecular weight is 270 g/mol. The van der Waals surface area contributed by atoms with Gasteiger partial charge in [-0.1, -0.05) is 0 Å². The van der Waals surface area contributed by atoms with E-state index in [9.17, 15) is 9.59 Å². The van der Waals surface area contributed by atoms with Crippen molar-refractivity contribution in [3.8, 4) is 0 Å². The Balaban J connectivity index is 1.93. The number of amides is 2. The van der Waals surface area contributed by atoms with Gasteiger partial charge < -0.3 is 19.6 Å². The van der Waals surface area contributed by atoms with Crippen LogP contribution in [0.4, 0.5) is 0 Å². The van der Waals surface area contributed by atoms with Crippen LogP contribution in [0.3, 0.4) is 0 Å². The Morgan fingerprint density at radius 1 is 1.26 bits per heavy atom. The van der Waals surface area contributed by atoms with Crippen LogP contribution >= 0.6 is 0 Å². The number of likely N-dealkylation sites (tertiary alicyclic amines) is 1. The van der Waals surface area contributed by atoms with Gasteiger partial charge in [0.25, 0.3) is 0 Å². The zero-order valence-corrected chi connectivity index (χ0v) is 11.4. The average Bonchev–Trinajstić information content (AvgIpc) is 2.46. The number of piperidine rings is 1. The second-order valence-electron chi connectivity index (χ2n) is 5.26. The molecule has 19 heavy (non-hydrogen) atoms. The Labute approximate surface area is 113 Å². The summed E-state index contributed by atoms with van der Waals surface area (Å²) in [6.45, 7) is 4.26. The Kier molecular flexibility index (Phi) is 4.76. The van der Waals surface area contributed by atoms with Crippen LogP contribution in [0.5, 0.6) is 0 Å². The number of hydrogen-bond acceptors (Lipinski definition) is 4. The van der Waals surface area contributed by atoms with Crippen LogP contribution in [0.15, 0.2) is 0 Å². The van der Waals surface area contributed by atoms with Crippen molar-refractivity contribution in [3.05, 3.63) is 0 Å². The summed E-state index contributed by atoms with van der Waals surface area (Å²) in [5, 5.41) is 9.10. The molecule has 2 atom stereocenters. The van der Waals surface area contributed by atoms with Crippen molar-refractivity contribution in [1.29, 1.82) is 0 Å². The van der Waals surface area contributed by atoms with Crippen molar-refractivity contribution in [3.63, 3.8) is 0 Å². The Bertz CT molecular complexity index is 348. The molecule has 2 unspecified atom stereocenters. The lowest BCUT2D eigenvalue weighted by Gasteiger charge is -2.37. The molecular formula is C13H22N2O4. The molecule has 2 aliphatic rings. The molecule has 2 heterocycles. The minimum absolute atomic E-state index is 0.0349. The van der Waals surface area contributed by atoms with E-state index in [0.29, 0.717) is 26.2 Å². The lowest BCUT2D eigenvalue weighted by molar-refractivity contribution is -0.147. The zero-order chi connectivity index (χ0) is 13.8. The number of morpholine rings is 1. The quantitative estimate of drug-likeness (QED) is 0.732. The van der Waals surface area contributed by atoms with Gasteiger partial charge in [-0.05, 0) is 12.8 Å². The molecule has 2 aliphatic heterocycles. The predicted molar refractivity (Wildman–Crippen MR) is 68.4 cm³/mol. The van der Waals surface area contributed by atoms with Gasteiger partial charge in [0.2, 0.25) is 11.8 Å². The fraction of sp³-hybridized carbons (Fsp3) is 0.846. The summed E-state index contributed by atoms with van der Waals surface area (Å²) < 4.78 is 5.35. The maximum absolute atomic E-state index is 12.4. The third-order valence-corrected chi connectivity index (χ3v) is 3.87. The van der Waals surface area contributed by atoms with Gasteiger partial charge in [0.05, 0.1) is 25.2 Å². The van der Waals surface area contributed by atoms with E-state index >= 15 is 0 Å². The van der Waals surface area contributed by atoms with Gasteiger partial charge in [-0.15, -0.1) is 0 Å². The molecule has 1 N–H and O–H groups in total. The normalized spacial score (nSPS) is 28.3. The number of nitrogens with zero attached hydrogens (tertiary/aromatic N) is 2. The molecule has 2 amide bonds. The molecule has 6 heteroatoms. The van der Waals surface area contributed by atoms with E-state index in [1.807, 2.05) is 0 Å². The molecule has 0 radical (unpaired) electrons. The molecular weight excluding hydrogens is 248 g/mol. The lowest BCUT2D eigenvalue weighted by atomic mass is 9.96. The van der Waals surface area contributed by atoms with E-state index in [4.69, 9.17) is 9.84 Å². The summed E-state index contributed by atoms with van der Waals surface area (Å²) in [6.07, 6.45) is 1.44. The van der Waals surface area contributed by atoms with Gasteiger partial charge in [-0.25, -0.2) is 0 Å². The molecule has 6 nitrogen and oxygen atoms in total. The molecule has 0 aromatic carbocycles. The van der Waals surface area contributed by atoms with Gasteiger partial charge in [0.1, 0.15) is 0 Å². The largest absolute Gasteiger partial charge is 0.394 e. The fourth-order valence-corrected chi connectivity index (χ4v) is 2.75. The standard InChI is InChI=1S/C13H22N2O4/c1-10(17)14-4-2-3-11(7-14)13(18)15-5-6-19-12(8-15)9-16/h11-12,16H,2-9H2,1H3. The van der Waals surface area contributed by atoms with E-state index in [0.717, 1.165) is 19.4 Å². The molecule has 0 aromatic heterocycles. The van der Waals surface area contributed by atoms with Gasteiger partial charge in [-0.2, -0.15) is 0 Å². The lowest BCUT2D eigenvalue weighted by Crippen LogP contribution is -2.52. The Morgan fingerprint density at radius 2 is 2.05 bits per heavy atom. The van der Waals surface area contributed by atoms with E-state index < -0.39 is 0 Å². The second-order valence-corrected chi connectivity index (χ2v) is 5.26. The Hall–Kier alpha value is -1.14. The van der Waals surface area contributed by atoms with Crippen molar-refractivity contribution in [2.75, 3.05) is 39.4 Å². The molecule has 0 bridgehead atoms. The van der Waals surface area contributed by atoms with Crippen molar-refractivity contribution in [2.45, 2.75) is 25.9 Å². The van der Waals surface area contributed by atoms with Crippen LogP contribution in [0.1, 0.15) is 19.8 Å². The summed E-state index contributed by atoms with van der Waals surface area (Å²) in [4.78, 5) is 27.3. The molecule has 0 aromatic rings. The third-order valence-electron chi connectivity index (χ3n) is 3.87. The summed E-state index contributed by atoms with van der Waals surface area (Å²) in [7, 11) is 0. The summed E-state index contributed by atoms with van der Waals surface area (Å²) in [6, 6.07) is 0. The number of aliphatic hydroxyl groups is 1. The molecule has 0 aliphatic carbocycles. The monoisotopic (exact) mass is 270 g/mol. The van der Waals surface area contributed by atoms with E-state index in [1.54, 1.807) is 16.7 Å². The second kappa shape index (κ2) is 6.34. The van der Waals surface area contributed by atoms with Crippen LogP contribution in [0.25, 0.3) is 0 Å². The first-order valence-corrected chi connectivity index (χ1v) is 6.88. The van der Waals surface area contributed by atoms with E-state index in [-0.39, 0.29) is 30.4 Å². The first-order chi connectivity index (χ1) is 9.11. The molecule has 2 rings (SSSR count). The van der Waals surface area contributed by atoms with Crippen molar-refractivity contribution in [1.82, 2.24) is 9.80 Å². The highest BCUT2D eigenvalue weighted by atomic mass is 16.5. The highest BCUT2D eigenvalue weighted by Gasteiger charge is 2.32. The predicted octanol–water partition coefficient (Wildman–Crippen LogP) is -0.535. The highest BCUT2D eigenvalue weighted by Crippen LogP contribution is 2.20. The number of ether oxygens (including phenoxy) is 1. The molecule has 108 valence electrons. The van der Waals surface area contributed by atoms with E-state index in [1.165, 1.54) is 0 Å². The minimum atomic E-state index is -0.273. The van der Waals surface area contributed by atoms with Gasteiger partial charge in [0, 0.05) is 33.1 Å². The number of aliphatic hydroxyl groups excluding tert-OH is 1. The first kappa shape index (κ1) is 14.3. The van der Waals surface area contributed by atoms with Crippen LogP contribution in [0.2, 0.25) is 0 Å². The Morgan fingerprint density at radius 3 is 2.74 bits per heavy atom. The minimum Gasteiger partial charge on any atom is -0.394 e. The van der Waals surface area contributed by atoms with Gasteiger partial charge >= 0.3 is 0 Å². The SMILES string of the molecule is CC(=O)N1CCCC(C(=O)N2CCOC(CO)C2)C1. The first-order valence-electron chi connectivity index (χ1n) is 6.88. The number of rotatable bonds is 2. The van der Waals surface area contributed by atoms with Gasteiger partial charge in [0.15, 0.2) is 0 Å². The number of carbonyl (C=O) groups excluding carboxylic acids is 2. The molecule has 0 spiro atoms. The highest BCUT2D eigenvalue weighted by molar-refractivity contribution is 5.81. The summed E-state index contributed by atoms with van der Waals surface area (Å²) in [5.74, 6) is 0.0236. The van der Waals surface area contributed by atoms with Crippen LogP contribution in [-0.2, 0) is 14.3 Å². The molecule has 2 fully saturated rings. The zero-order valence-electron chi connectivity index (χ0n) is 11.4. The van der Waals surface area contributed by atoms with Crippen molar-refractivity contribution >= 4 is 11.8 Å². The molecule has 0 saturated carbocycles. The number of hydrogen-bond donors (Lipinski definition) is 1. The van der Waals surface area contributed by atoms with E-state index in [2.05, 4.69) is 0 Å². The van der Waals surface area contributed by atoms with Crippen LogP contribution in [-0.4, -0.2) is 72.2 Å². The van der Waals surface area contributed by atoms with Gasteiger partial charge in [-0.3, -0.25) is 9.59 Å². The summed E-state index contributed by atoms with van der Waals surface area (Å²) >= 11 is 0. The third kappa shape index (κ3) is 3.45. The molecule has 2 saturated heterocycles.